The summed E-state index contributed by atoms with van der Waals surface area (Å²) in [5.74, 6) is -3.73. The van der Waals surface area contributed by atoms with Crippen LogP contribution in [0, 0.1) is 0 Å². The number of hydrogen-bond acceptors (Lipinski definition) is 11. The second kappa shape index (κ2) is 13.7. The van der Waals surface area contributed by atoms with Crippen molar-refractivity contribution in [3.8, 4) is 0 Å². The topological polar surface area (TPSA) is 164 Å². The summed E-state index contributed by atoms with van der Waals surface area (Å²) >= 11 is 0. The molecular formula is C21H27NO11. The van der Waals surface area contributed by atoms with Gasteiger partial charge < -0.3 is 34.1 Å². The number of benzene rings is 1. The van der Waals surface area contributed by atoms with Crippen molar-refractivity contribution in [2.24, 2.45) is 0 Å². The first-order chi connectivity index (χ1) is 15.5. The molecule has 33 heavy (non-hydrogen) atoms. The average Bonchev–Trinajstić information content (AvgIpc) is 2.76. The molecule has 1 amide bonds. The number of esters is 4. The number of rotatable bonds is 11. The van der Waals surface area contributed by atoms with Crippen LogP contribution in [-0.4, -0.2) is 73.1 Å². The number of hydrogen-bond donors (Lipinski definition) is 2. The lowest BCUT2D eigenvalue weighted by atomic mass is 10.0. The van der Waals surface area contributed by atoms with Crippen LogP contribution in [0.4, 0.5) is 4.79 Å². The molecule has 0 bridgehead atoms. The van der Waals surface area contributed by atoms with Crippen molar-refractivity contribution in [3.63, 3.8) is 0 Å². The van der Waals surface area contributed by atoms with Crippen LogP contribution in [0.2, 0.25) is 0 Å². The summed E-state index contributed by atoms with van der Waals surface area (Å²) in [7, 11) is 0.992. The minimum absolute atomic E-state index is 0.103. The fourth-order valence-corrected chi connectivity index (χ4v) is 2.62. The summed E-state index contributed by atoms with van der Waals surface area (Å²) in [5, 5.41) is 13.1. The zero-order valence-corrected chi connectivity index (χ0v) is 18.6. The fourth-order valence-electron chi connectivity index (χ4n) is 2.62. The zero-order chi connectivity index (χ0) is 25.0. The van der Waals surface area contributed by atoms with Crippen molar-refractivity contribution >= 4 is 30.0 Å². The maximum absolute atomic E-state index is 12.3. The third-order valence-corrected chi connectivity index (χ3v) is 4.06. The smallest absolute Gasteiger partial charge is 0.407 e. The Bertz CT molecular complexity index is 827. The van der Waals surface area contributed by atoms with Crippen LogP contribution >= 0.6 is 0 Å². The van der Waals surface area contributed by atoms with Crippen LogP contribution in [0.25, 0.3) is 0 Å². The van der Waals surface area contributed by atoms with Crippen molar-refractivity contribution in [2.75, 3.05) is 13.7 Å². The molecule has 0 saturated carbocycles. The van der Waals surface area contributed by atoms with E-state index in [-0.39, 0.29) is 6.61 Å². The Labute approximate surface area is 190 Å². The van der Waals surface area contributed by atoms with Gasteiger partial charge in [-0.25, -0.2) is 9.59 Å². The highest BCUT2D eigenvalue weighted by Crippen LogP contribution is 2.16. The highest BCUT2D eigenvalue weighted by molar-refractivity contribution is 5.80. The van der Waals surface area contributed by atoms with E-state index < -0.39 is 60.9 Å². The molecule has 0 aromatic heterocycles. The summed E-state index contributed by atoms with van der Waals surface area (Å²) < 4.78 is 24.4. The Hall–Kier alpha value is -3.67. The monoisotopic (exact) mass is 469 g/mol. The van der Waals surface area contributed by atoms with Crippen LogP contribution in [0.5, 0.6) is 0 Å². The largest absolute Gasteiger partial charge is 0.466 e. The Morgan fingerprint density at radius 2 is 1.52 bits per heavy atom. The van der Waals surface area contributed by atoms with E-state index in [1.165, 1.54) is 0 Å². The lowest BCUT2D eigenvalue weighted by molar-refractivity contribution is -0.189. The van der Waals surface area contributed by atoms with Gasteiger partial charge in [0.25, 0.3) is 0 Å². The van der Waals surface area contributed by atoms with Gasteiger partial charge in [-0.2, -0.15) is 0 Å². The first-order valence-corrected chi connectivity index (χ1v) is 9.76. The Kier molecular flexibility index (Phi) is 11.3. The van der Waals surface area contributed by atoms with Crippen LogP contribution in [-0.2, 0) is 49.5 Å². The number of carbonyl (C=O) groups is 5. The normalized spacial score (nSPS) is 14.0. The molecule has 12 nitrogen and oxygen atoms in total. The highest BCUT2D eigenvalue weighted by atomic mass is 16.6. The van der Waals surface area contributed by atoms with Gasteiger partial charge in [-0.1, -0.05) is 30.3 Å². The highest BCUT2D eigenvalue weighted by Gasteiger charge is 2.44. The standard InChI is InChI=1S/C21H27NO11/c1-12(23)30-11-16(22-21(28)31-10-15-8-6-5-7-9-15)17(26)18(32-13(2)24)19(20(27)29-4)33-14(3)25/h5-9,16-19,26H,10-11H2,1-4H3,(H,22,28)/t16-,17+,18+,19-/m0/s1. The number of nitrogens with one attached hydrogen (secondary N) is 1. The van der Waals surface area contributed by atoms with Gasteiger partial charge in [0.05, 0.1) is 13.2 Å². The van der Waals surface area contributed by atoms with E-state index in [0.29, 0.717) is 5.56 Å². The van der Waals surface area contributed by atoms with Gasteiger partial charge in [-0.15, -0.1) is 0 Å². The molecule has 4 atom stereocenters. The van der Waals surface area contributed by atoms with Crippen LogP contribution in [0.1, 0.15) is 26.3 Å². The molecule has 0 fully saturated rings. The number of aliphatic hydroxyl groups is 1. The number of alkyl carbamates (subject to hydrolysis) is 1. The van der Waals surface area contributed by atoms with Gasteiger partial charge in [0.2, 0.25) is 6.10 Å². The van der Waals surface area contributed by atoms with E-state index in [4.69, 9.17) is 18.9 Å². The molecule has 0 saturated heterocycles. The summed E-state index contributed by atoms with van der Waals surface area (Å²) in [6, 6.07) is 7.28. The molecule has 12 heteroatoms. The van der Waals surface area contributed by atoms with Crippen LogP contribution < -0.4 is 5.32 Å². The molecule has 1 rings (SSSR count). The lowest BCUT2D eigenvalue weighted by Gasteiger charge is -2.32. The van der Waals surface area contributed by atoms with Gasteiger partial charge in [-0.05, 0) is 5.56 Å². The molecule has 182 valence electrons. The number of aliphatic hydroxyl groups excluding tert-OH is 1. The Morgan fingerprint density at radius 1 is 0.909 bits per heavy atom. The third-order valence-electron chi connectivity index (χ3n) is 4.06. The van der Waals surface area contributed by atoms with E-state index in [1.807, 2.05) is 0 Å². The van der Waals surface area contributed by atoms with E-state index in [1.54, 1.807) is 30.3 Å². The van der Waals surface area contributed by atoms with Crippen molar-refractivity contribution in [1.29, 1.82) is 0 Å². The fraction of sp³-hybridized carbons (Fsp3) is 0.476. The van der Waals surface area contributed by atoms with Crippen molar-refractivity contribution in [1.82, 2.24) is 5.32 Å². The Morgan fingerprint density at radius 3 is 2.03 bits per heavy atom. The summed E-state index contributed by atoms with van der Waals surface area (Å²) in [6.45, 7) is 2.39. The molecule has 0 heterocycles. The van der Waals surface area contributed by atoms with E-state index in [9.17, 15) is 29.1 Å². The summed E-state index contributed by atoms with van der Waals surface area (Å²) in [5.41, 5.74) is 0.683. The predicted molar refractivity (Wildman–Crippen MR) is 109 cm³/mol. The molecule has 0 aliphatic carbocycles. The van der Waals surface area contributed by atoms with Crippen LogP contribution in [0.3, 0.4) is 0 Å². The Balaban J connectivity index is 3.09. The summed E-state index contributed by atoms with van der Waals surface area (Å²) in [6.07, 6.45) is -6.57. The second-order valence-electron chi connectivity index (χ2n) is 6.73. The quantitative estimate of drug-likeness (QED) is 0.337. The SMILES string of the molecule is COC(=O)[C@@H](OC(C)=O)[C@H](OC(C)=O)[C@H](O)[C@H](COC(C)=O)NC(=O)OCc1ccccc1. The van der Waals surface area contributed by atoms with Crippen LogP contribution in [0.15, 0.2) is 30.3 Å². The van der Waals surface area contributed by atoms with Crippen molar-refractivity contribution in [2.45, 2.75) is 51.7 Å². The number of carbonyl (C=O) groups excluding carboxylic acids is 5. The average molecular weight is 469 g/mol. The molecule has 0 aliphatic rings. The van der Waals surface area contributed by atoms with Crippen molar-refractivity contribution < 1.29 is 52.8 Å². The van der Waals surface area contributed by atoms with Gasteiger partial charge in [0.15, 0.2) is 6.10 Å². The number of methoxy groups -OCH3 is 1. The van der Waals surface area contributed by atoms with Gasteiger partial charge in [-0.3, -0.25) is 14.4 Å². The molecule has 0 unspecified atom stereocenters. The van der Waals surface area contributed by atoms with E-state index >= 15 is 0 Å². The molecule has 2 N–H and O–H groups in total. The van der Waals surface area contributed by atoms with Crippen molar-refractivity contribution in [3.05, 3.63) is 35.9 Å². The molecule has 1 aromatic carbocycles. The molecular weight excluding hydrogens is 442 g/mol. The second-order valence-corrected chi connectivity index (χ2v) is 6.73. The molecule has 0 radical (unpaired) electrons. The van der Waals surface area contributed by atoms with E-state index in [2.05, 4.69) is 10.1 Å². The number of amides is 1. The summed E-state index contributed by atoms with van der Waals surface area (Å²) in [4.78, 5) is 58.8. The first-order valence-electron chi connectivity index (χ1n) is 9.76. The van der Waals surface area contributed by atoms with Gasteiger partial charge in [0, 0.05) is 20.8 Å². The maximum Gasteiger partial charge on any atom is 0.407 e. The van der Waals surface area contributed by atoms with Gasteiger partial charge >= 0.3 is 30.0 Å². The predicted octanol–water partition coefficient (Wildman–Crippen LogP) is 0.242. The van der Waals surface area contributed by atoms with E-state index in [0.717, 1.165) is 27.9 Å². The zero-order valence-electron chi connectivity index (χ0n) is 18.6. The number of ether oxygens (including phenoxy) is 5. The first kappa shape index (κ1) is 27.4. The molecule has 1 aromatic rings. The van der Waals surface area contributed by atoms with Gasteiger partial charge in [0.1, 0.15) is 19.3 Å². The molecule has 0 aliphatic heterocycles. The third kappa shape index (κ3) is 9.99. The lowest BCUT2D eigenvalue weighted by Crippen LogP contribution is -2.57. The molecule has 0 spiro atoms. The maximum atomic E-state index is 12.3. The minimum atomic E-state index is -1.89. The minimum Gasteiger partial charge on any atom is -0.466 e.